The van der Waals surface area contributed by atoms with Gasteiger partial charge in [-0.1, -0.05) is 20.3 Å². The van der Waals surface area contributed by atoms with Crippen LogP contribution in [0.5, 0.6) is 0 Å². The molecule has 0 bridgehead atoms. The Balaban J connectivity index is 3.21. The van der Waals surface area contributed by atoms with Crippen molar-refractivity contribution in [2.45, 2.75) is 46.1 Å². The van der Waals surface area contributed by atoms with Crippen LogP contribution in [0, 0.1) is 0 Å². The highest BCUT2D eigenvalue weighted by Crippen LogP contribution is 1.99. The summed E-state index contributed by atoms with van der Waals surface area (Å²) in [6, 6.07) is 0.546. The summed E-state index contributed by atoms with van der Waals surface area (Å²) in [4.78, 5) is 5.09. The molecule has 1 unspecified atom stereocenters. The van der Waals surface area contributed by atoms with Crippen LogP contribution in [0.25, 0.3) is 0 Å². The van der Waals surface area contributed by atoms with Crippen LogP contribution in [-0.4, -0.2) is 12.6 Å². The Hall–Kier alpha value is -0.0800. The molecule has 0 amide bonds. The number of nitrogens with one attached hydrogen (secondary N) is 1. The molecule has 0 spiro atoms. The van der Waals surface area contributed by atoms with Gasteiger partial charge in [0.2, 0.25) is 0 Å². The molecule has 0 aromatic carbocycles. The van der Waals surface area contributed by atoms with Crippen LogP contribution in [-0.2, 0) is 4.84 Å². The van der Waals surface area contributed by atoms with E-state index >= 15 is 0 Å². The minimum absolute atomic E-state index is 0.546. The molecule has 62 valence electrons. The van der Waals surface area contributed by atoms with Crippen molar-refractivity contribution in [3.8, 4) is 0 Å². The van der Waals surface area contributed by atoms with Crippen molar-refractivity contribution in [1.82, 2.24) is 5.48 Å². The van der Waals surface area contributed by atoms with Crippen LogP contribution in [0.3, 0.4) is 0 Å². The number of rotatable bonds is 6. The van der Waals surface area contributed by atoms with Crippen molar-refractivity contribution < 1.29 is 4.84 Å². The summed E-state index contributed by atoms with van der Waals surface area (Å²) in [6.07, 6.45) is 3.57. The quantitative estimate of drug-likeness (QED) is 0.578. The van der Waals surface area contributed by atoms with E-state index in [4.69, 9.17) is 4.84 Å². The van der Waals surface area contributed by atoms with E-state index < -0.39 is 0 Å². The fourth-order valence-corrected chi connectivity index (χ4v) is 0.896. The minimum atomic E-state index is 0.546. The molecule has 0 aromatic rings. The first kappa shape index (κ1) is 9.92. The molecule has 1 N–H and O–H groups in total. The molecule has 2 nitrogen and oxygen atoms in total. The molecule has 0 fully saturated rings. The van der Waals surface area contributed by atoms with Crippen molar-refractivity contribution in [2.75, 3.05) is 6.61 Å². The maximum absolute atomic E-state index is 5.09. The fraction of sp³-hybridized carbons (Fsp3) is 1.00. The Morgan fingerprint density at radius 2 is 2.00 bits per heavy atom. The zero-order chi connectivity index (χ0) is 7.82. The molecule has 0 aromatic heterocycles. The number of hydrogen-bond acceptors (Lipinski definition) is 2. The third-order valence-electron chi connectivity index (χ3n) is 1.52. The van der Waals surface area contributed by atoms with E-state index in [0.717, 1.165) is 13.0 Å². The van der Waals surface area contributed by atoms with Crippen LogP contribution in [0.15, 0.2) is 0 Å². The van der Waals surface area contributed by atoms with Gasteiger partial charge in [-0.25, -0.2) is 0 Å². The first-order valence-corrected chi connectivity index (χ1v) is 4.22. The molecular formula is C8H19NO. The van der Waals surface area contributed by atoms with Crippen LogP contribution in [0.2, 0.25) is 0 Å². The first-order chi connectivity index (χ1) is 4.85. The van der Waals surface area contributed by atoms with Gasteiger partial charge in [-0.15, -0.1) is 0 Å². The van der Waals surface area contributed by atoms with Gasteiger partial charge in [0, 0.05) is 6.04 Å². The smallest absolute Gasteiger partial charge is 0.0654 e. The monoisotopic (exact) mass is 145 g/mol. The second-order valence-corrected chi connectivity index (χ2v) is 2.44. The van der Waals surface area contributed by atoms with E-state index in [2.05, 4.69) is 19.3 Å². The van der Waals surface area contributed by atoms with Gasteiger partial charge < -0.3 is 4.84 Å². The van der Waals surface area contributed by atoms with Gasteiger partial charge in [0.1, 0.15) is 0 Å². The molecule has 0 aliphatic heterocycles. The van der Waals surface area contributed by atoms with Gasteiger partial charge in [-0.3, -0.25) is 0 Å². The SMILES string of the molecule is CCCC(CC)NOCC. The van der Waals surface area contributed by atoms with E-state index in [9.17, 15) is 0 Å². The molecule has 0 aliphatic rings. The van der Waals surface area contributed by atoms with Gasteiger partial charge in [-0.05, 0) is 19.8 Å². The summed E-state index contributed by atoms with van der Waals surface area (Å²) in [6.45, 7) is 7.11. The highest BCUT2D eigenvalue weighted by atomic mass is 16.6. The van der Waals surface area contributed by atoms with Crippen LogP contribution in [0.4, 0.5) is 0 Å². The molecule has 0 saturated heterocycles. The normalized spacial score (nSPS) is 13.5. The summed E-state index contributed by atoms with van der Waals surface area (Å²) in [5.74, 6) is 0. The lowest BCUT2D eigenvalue weighted by molar-refractivity contribution is 0.0213. The van der Waals surface area contributed by atoms with Crippen LogP contribution < -0.4 is 5.48 Å². The second-order valence-electron chi connectivity index (χ2n) is 2.44. The van der Waals surface area contributed by atoms with Gasteiger partial charge in [0.15, 0.2) is 0 Å². The summed E-state index contributed by atoms with van der Waals surface area (Å²) in [5.41, 5.74) is 3.02. The minimum Gasteiger partial charge on any atom is -0.302 e. The second kappa shape index (κ2) is 7.03. The lowest BCUT2D eigenvalue weighted by atomic mass is 10.1. The first-order valence-electron chi connectivity index (χ1n) is 4.22. The molecular weight excluding hydrogens is 126 g/mol. The topological polar surface area (TPSA) is 21.3 Å². The standard InChI is InChI=1S/C8H19NO/c1-4-7-8(5-2)9-10-6-3/h8-9H,4-7H2,1-3H3. The van der Waals surface area contributed by atoms with Gasteiger partial charge in [0.25, 0.3) is 0 Å². The van der Waals surface area contributed by atoms with E-state index in [-0.39, 0.29) is 0 Å². The van der Waals surface area contributed by atoms with E-state index in [1.54, 1.807) is 0 Å². The number of hydroxylamine groups is 1. The van der Waals surface area contributed by atoms with Gasteiger partial charge >= 0.3 is 0 Å². The van der Waals surface area contributed by atoms with Crippen molar-refractivity contribution in [3.63, 3.8) is 0 Å². The average Bonchev–Trinajstić information content (AvgIpc) is 1.98. The molecule has 1 atom stereocenters. The third-order valence-corrected chi connectivity index (χ3v) is 1.52. The average molecular weight is 145 g/mol. The maximum atomic E-state index is 5.09. The summed E-state index contributed by atoms with van der Waals surface area (Å²) in [5, 5.41) is 0. The highest BCUT2D eigenvalue weighted by Gasteiger charge is 2.01. The van der Waals surface area contributed by atoms with Crippen molar-refractivity contribution >= 4 is 0 Å². The maximum Gasteiger partial charge on any atom is 0.0654 e. The zero-order valence-electron chi connectivity index (χ0n) is 7.31. The predicted octanol–water partition coefficient (Wildman–Crippen LogP) is 2.11. The molecule has 0 saturated carbocycles. The lowest BCUT2D eigenvalue weighted by Gasteiger charge is -2.14. The van der Waals surface area contributed by atoms with Gasteiger partial charge in [0.05, 0.1) is 6.61 Å². The Labute approximate surface area is 63.9 Å². The van der Waals surface area contributed by atoms with Crippen LogP contribution >= 0.6 is 0 Å². The summed E-state index contributed by atoms with van der Waals surface area (Å²) in [7, 11) is 0. The van der Waals surface area contributed by atoms with Gasteiger partial charge in [-0.2, -0.15) is 5.48 Å². The van der Waals surface area contributed by atoms with Crippen molar-refractivity contribution in [1.29, 1.82) is 0 Å². The largest absolute Gasteiger partial charge is 0.302 e. The molecule has 0 heterocycles. The highest BCUT2D eigenvalue weighted by molar-refractivity contribution is 4.57. The Kier molecular flexibility index (Phi) is 6.98. The predicted molar refractivity (Wildman–Crippen MR) is 43.7 cm³/mol. The zero-order valence-corrected chi connectivity index (χ0v) is 7.31. The van der Waals surface area contributed by atoms with E-state index in [1.807, 2.05) is 6.92 Å². The third kappa shape index (κ3) is 4.77. The Morgan fingerprint density at radius 1 is 1.30 bits per heavy atom. The Bertz CT molecular complexity index is 66.3. The summed E-state index contributed by atoms with van der Waals surface area (Å²) < 4.78 is 0. The van der Waals surface area contributed by atoms with Crippen molar-refractivity contribution in [2.24, 2.45) is 0 Å². The van der Waals surface area contributed by atoms with Crippen LogP contribution in [0.1, 0.15) is 40.0 Å². The molecule has 2 heteroatoms. The Morgan fingerprint density at radius 3 is 2.40 bits per heavy atom. The molecule has 10 heavy (non-hydrogen) atoms. The van der Waals surface area contributed by atoms with E-state index in [0.29, 0.717) is 6.04 Å². The lowest BCUT2D eigenvalue weighted by Crippen LogP contribution is -2.28. The molecule has 0 radical (unpaired) electrons. The number of hydrogen-bond donors (Lipinski definition) is 1. The molecule has 0 aliphatic carbocycles. The fourth-order valence-electron chi connectivity index (χ4n) is 0.896. The van der Waals surface area contributed by atoms with E-state index in [1.165, 1.54) is 12.8 Å². The summed E-state index contributed by atoms with van der Waals surface area (Å²) >= 11 is 0. The van der Waals surface area contributed by atoms with Crippen molar-refractivity contribution in [3.05, 3.63) is 0 Å². The molecule has 0 rings (SSSR count).